The van der Waals surface area contributed by atoms with Gasteiger partial charge in [-0.2, -0.15) is 0 Å². The van der Waals surface area contributed by atoms with E-state index in [2.05, 4.69) is 6.58 Å². The predicted octanol–water partition coefficient (Wildman–Crippen LogP) is 1.90. The summed E-state index contributed by atoms with van der Waals surface area (Å²) in [7, 11) is 0. The van der Waals surface area contributed by atoms with Crippen molar-refractivity contribution in [3.05, 3.63) is 36.8 Å². The molecule has 1 heterocycles. The average molecular weight is 182 g/mol. The number of ether oxygens (including phenoxy) is 1. The van der Waals surface area contributed by atoms with Gasteiger partial charge in [-0.1, -0.05) is 6.08 Å². The quantitative estimate of drug-likeness (QED) is 0.707. The van der Waals surface area contributed by atoms with Crippen LogP contribution in [0.1, 0.15) is 18.8 Å². The van der Waals surface area contributed by atoms with Gasteiger partial charge in [0.15, 0.2) is 0 Å². The van der Waals surface area contributed by atoms with Crippen LogP contribution in [0.25, 0.3) is 0 Å². The minimum absolute atomic E-state index is 0.406. The van der Waals surface area contributed by atoms with Gasteiger partial charge in [0.1, 0.15) is 18.0 Å². The third-order valence-electron chi connectivity index (χ3n) is 1.74. The summed E-state index contributed by atoms with van der Waals surface area (Å²) >= 11 is 0. The van der Waals surface area contributed by atoms with Crippen LogP contribution in [0.3, 0.4) is 0 Å². The van der Waals surface area contributed by atoms with Crippen molar-refractivity contribution in [1.29, 1.82) is 0 Å². The fourth-order valence-electron chi connectivity index (χ4n) is 1.10. The predicted molar refractivity (Wildman–Crippen MR) is 49.3 cm³/mol. The summed E-state index contributed by atoms with van der Waals surface area (Å²) in [4.78, 5) is 0. The topological polar surface area (TPSA) is 42.6 Å². The lowest BCUT2D eigenvalue weighted by Gasteiger charge is -2.17. The molecule has 0 aliphatic carbocycles. The smallest absolute Gasteiger partial charge is 0.141 e. The van der Waals surface area contributed by atoms with Crippen molar-refractivity contribution in [1.82, 2.24) is 0 Å². The zero-order valence-corrected chi connectivity index (χ0v) is 7.64. The Morgan fingerprint density at radius 3 is 3.00 bits per heavy atom. The Morgan fingerprint density at radius 1 is 1.77 bits per heavy atom. The van der Waals surface area contributed by atoms with Crippen LogP contribution in [-0.2, 0) is 4.74 Å². The molecule has 0 spiro atoms. The lowest BCUT2D eigenvalue weighted by Crippen LogP contribution is -2.19. The molecular weight excluding hydrogens is 168 g/mol. The first-order chi connectivity index (χ1) is 6.29. The summed E-state index contributed by atoms with van der Waals surface area (Å²) in [6.07, 6.45) is 1.91. The highest BCUT2D eigenvalue weighted by molar-refractivity contribution is 5.06. The molecule has 1 aromatic rings. The lowest BCUT2D eigenvalue weighted by atomic mass is 10.1. The van der Waals surface area contributed by atoms with Gasteiger partial charge in [0.25, 0.3) is 0 Å². The van der Waals surface area contributed by atoms with Crippen LogP contribution in [0.4, 0.5) is 0 Å². The van der Waals surface area contributed by atoms with E-state index in [0.29, 0.717) is 12.4 Å². The van der Waals surface area contributed by atoms with Gasteiger partial charge in [0.05, 0.1) is 6.26 Å². The van der Waals surface area contributed by atoms with Crippen LogP contribution < -0.4 is 0 Å². The van der Waals surface area contributed by atoms with Gasteiger partial charge >= 0.3 is 0 Å². The summed E-state index contributed by atoms with van der Waals surface area (Å²) < 4.78 is 10.3. The Bertz CT molecular complexity index is 241. The molecule has 3 heteroatoms. The van der Waals surface area contributed by atoms with E-state index in [4.69, 9.17) is 9.15 Å². The van der Waals surface area contributed by atoms with Crippen LogP contribution in [0.15, 0.2) is 35.5 Å². The zero-order chi connectivity index (χ0) is 9.68. The van der Waals surface area contributed by atoms with Gasteiger partial charge in [0.2, 0.25) is 0 Å². The SMILES string of the molecule is C=CC(OCC)C(O)c1ccco1. The molecule has 0 aliphatic rings. The normalized spacial score (nSPS) is 15.2. The molecule has 1 aromatic heterocycles. The first kappa shape index (κ1) is 10.0. The van der Waals surface area contributed by atoms with Crippen LogP contribution in [-0.4, -0.2) is 17.8 Å². The van der Waals surface area contributed by atoms with Crippen molar-refractivity contribution in [2.45, 2.75) is 19.1 Å². The Balaban J connectivity index is 2.64. The number of aliphatic hydroxyl groups is 1. The molecule has 72 valence electrons. The first-order valence-electron chi connectivity index (χ1n) is 4.25. The Hall–Kier alpha value is -1.06. The van der Waals surface area contributed by atoms with E-state index in [1.165, 1.54) is 6.26 Å². The van der Waals surface area contributed by atoms with E-state index in [0.717, 1.165) is 0 Å². The first-order valence-corrected chi connectivity index (χ1v) is 4.25. The Morgan fingerprint density at radius 2 is 2.54 bits per heavy atom. The van der Waals surface area contributed by atoms with E-state index < -0.39 is 12.2 Å². The van der Waals surface area contributed by atoms with Crippen LogP contribution >= 0.6 is 0 Å². The molecule has 0 aromatic carbocycles. The number of hydrogen-bond donors (Lipinski definition) is 1. The molecule has 2 atom stereocenters. The van der Waals surface area contributed by atoms with Crippen molar-refractivity contribution >= 4 is 0 Å². The summed E-state index contributed by atoms with van der Waals surface area (Å²) in [6, 6.07) is 3.44. The second kappa shape index (κ2) is 4.84. The third-order valence-corrected chi connectivity index (χ3v) is 1.74. The minimum atomic E-state index is -0.771. The van der Waals surface area contributed by atoms with Gasteiger partial charge in [-0.15, -0.1) is 6.58 Å². The van der Waals surface area contributed by atoms with E-state index in [1.54, 1.807) is 18.2 Å². The summed E-state index contributed by atoms with van der Waals surface area (Å²) in [6.45, 7) is 5.99. The monoisotopic (exact) mass is 182 g/mol. The summed E-state index contributed by atoms with van der Waals surface area (Å²) in [5, 5.41) is 9.71. The molecule has 0 radical (unpaired) electrons. The van der Waals surface area contributed by atoms with Gasteiger partial charge in [0, 0.05) is 6.61 Å². The molecule has 13 heavy (non-hydrogen) atoms. The Kier molecular flexibility index (Phi) is 3.73. The fraction of sp³-hybridized carbons (Fsp3) is 0.400. The van der Waals surface area contributed by atoms with Crippen molar-refractivity contribution in [2.24, 2.45) is 0 Å². The minimum Gasteiger partial charge on any atom is -0.466 e. The summed E-state index contributed by atoms with van der Waals surface area (Å²) in [5.74, 6) is 0.498. The highest BCUT2D eigenvalue weighted by Gasteiger charge is 2.20. The number of aliphatic hydroxyl groups excluding tert-OH is 1. The molecule has 0 aliphatic heterocycles. The number of hydrogen-bond acceptors (Lipinski definition) is 3. The molecular formula is C10H14O3. The number of furan rings is 1. The summed E-state index contributed by atoms with van der Waals surface area (Å²) in [5.41, 5.74) is 0. The van der Waals surface area contributed by atoms with Crippen molar-refractivity contribution in [3.8, 4) is 0 Å². The molecule has 0 amide bonds. The van der Waals surface area contributed by atoms with Crippen LogP contribution in [0, 0.1) is 0 Å². The van der Waals surface area contributed by atoms with Crippen LogP contribution in [0.2, 0.25) is 0 Å². The maximum atomic E-state index is 9.71. The van der Waals surface area contributed by atoms with Gasteiger partial charge < -0.3 is 14.3 Å². The average Bonchev–Trinajstić information content (AvgIpc) is 2.65. The van der Waals surface area contributed by atoms with E-state index in [-0.39, 0.29) is 0 Å². The Labute approximate surface area is 77.6 Å². The molecule has 0 fully saturated rings. The molecule has 0 bridgehead atoms. The van der Waals surface area contributed by atoms with E-state index in [9.17, 15) is 5.11 Å². The van der Waals surface area contributed by atoms with E-state index in [1.807, 2.05) is 6.92 Å². The molecule has 3 nitrogen and oxygen atoms in total. The molecule has 1 rings (SSSR count). The van der Waals surface area contributed by atoms with Gasteiger partial charge in [-0.05, 0) is 19.1 Å². The second-order valence-electron chi connectivity index (χ2n) is 2.62. The largest absolute Gasteiger partial charge is 0.466 e. The molecule has 0 saturated heterocycles. The number of rotatable bonds is 5. The van der Waals surface area contributed by atoms with Crippen molar-refractivity contribution in [2.75, 3.05) is 6.61 Å². The fourth-order valence-corrected chi connectivity index (χ4v) is 1.10. The maximum Gasteiger partial charge on any atom is 0.141 e. The van der Waals surface area contributed by atoms with Crippen molar-refractivity contribution < 1.29 is 14.3 Å². The maximum absolute atomic E-state index is 9.71. The molecule has 2 unspecified atom stereocenters. The molecule has 1 N–H and O–H groups in total. The van der Waals surface area contributed by atoms with Gasteiger partial charge in [-0.25, -0.2) is 0 Å². The highest BCUT2D eigenvalue weighted by Crippen LogP contribution is 2.19. The highest BCUT2D eigenvalue weighted by atomic mass is 16.5. The van der Waals surface area contributed by atoms with Gasteiger partial charge in [-0.3, -0.25) is 0 Å². The lowest BCUT2D eigenvalue weighted by molar-refractivity contribution is -0.0153. The van der Waals surface area contributed by atoms with E-state index >= 15 is 0 Å². The zero-order valence-electron chi connectivity index (χ0n) is 7.64. The van der Waals surface area contributed by atoms with Crippen molar-refractivity contribution in [3.63, 3.8) is 0 Å². The standard InChI is InChI=1S/C10H14O3/c1-3-8(12-4-2)10(11)9-6-5-7-13-9/h3,5-8,10-11H,1,4H2,2H3. The molecule has 0 saturated carbocycles. The van der Waals surface area contributed by atoms with Crippen LogP contribution in [0.5, 0.6) is 0 Å². The second-order valence-corrected chi connectivity index (χ2v) is 2.62. The third kappa shape index (κ3) is 2.44.